The van der Waals surface area contributed by atoms with Crippen molar-refractivity contribution in [1.29, 1.82) is 0 Å². The SMILES string of the molecule is c1ccc2c(c1)CN(c1nccc3nccnc13)CC1(CCOCC1)O2. The van der Waals surface area contributed by atoms with Crippen LogP contribution in [-0.2, 0) is 11.3 Å². The van der Waals surface area contributed by atoms with Crippen molar-refractivity contribution < 1.29 is 9.47 Å². The summed E-state index contributed by atoms with van der Waals surface area (Å²) in [7, 11) is 0. The van der Waals surface area contributed by atoms with Crippen LogP contribution in [0.5, 0.6) is 5.75 Å². The van der Waals surface area contributed by atoms with Crippen molar-refractivity contribution in [2.75, 3.05) is 24.7 Å². The zero-order chi connectivity index (χ0) is 17.4. The molecule has 1 aromatic carbocycles. The number of hydrogen-bond donors (Lipinski definition) is 0. The number of ether oxygens (including phenoxy) is 2. The molecule has 5 rings (SSSR count). The molecule has 0 saturated carbocycles. The van der Waals surface area contributed by atoms with Crippen LogP contribution in [0.3, 0.4) is 0 Å². The monoisotopic (exact) mass is 348 g/mol. The largest absolute Gasteiger partial charge is 0.485 e. The maximum Gasteiger partial charge on any atom is 0.157 e. The molecule has 0 atom stereocenters. The zero-order valence-corrected chi connectivity index (χ0v) is 14.5. The standard InChI is InChI=1S/C20H20N4O2/c1-2-4-17-15(3-1)13-24(14-20(26-17)6-11-25-12-7-20)19-18-16(5-8-23-19)21-9-10-22-18/h1-5,8-10H,6-7,11-14H2. The molecule has 132 valence electrons. The molecule has 0 aliphatic carbocycles. The van der Waals surface area contributed by atoms with Crippen molar-refractivity contribution in [2.45, 2.75) is 25.0 Å². The lowest BCUT2D eigenvalue weighted by Gasteiger charge is -2.39. The van der Waals surface area contributed by atoms with Crippen molar-refractivity contribution in [1.82, 2.24) is 15.0 Å². The van der Waals surface area contributed by atoms with E-state index in [1.165, 1.54) is 5.56 Å². The lowest BCUT2D eigenvalue weighted by Crippen LogP contribution is -2.49. The van der Waals surface area contributed by atoms with Gasteiger partial charge in [0.1, 0.15) is 16.9 Å². The summed E-state index contributed by atoms with van der Waals surface area (Å²) < 4.78 is 12.2. The van der Waals surface area contributed by atoms with Crippen LogP contribution in [0.1, 0.15) is 18.4 Å². The van der Waals surface area contributed by atoms with E-state index in [2.05, 4.69) is 38.1 Å². The Kier molecular flexibility index (Phi) is 3.71. The Hall–Kier alpha value is -2.73. The van der Waals surface area contributed by atoms with Gasteiger partial charge in [0.2, 0.25) is 0 Å². The number of nitrogens with zero attached hydrogens (tertiary/aromatic N) is 4. The summed E-state index contributed by atoms with van der Waals surface area (Å²) in [4.78, 5) is 15.9. The van der Waals surface area contributed by atoms with Crippen LogP contribution in [0.4, 0.5) is 5.82 Å². The van der Waals surface area contributed by atoms with Gasteiger partial charge in [0.25, 0.3) is 0 Å². The smallest absolute Gasteiger partial charge is 0.157 e. The van der Waals surface area contributed by atoms with Crippen molar-refractivity contribution in [3.05, 3.63) is 54.5 Å². The van der Waals surface area contributed by atoms with Crippen LogP contribution in [0, 0.1) is 0 Å². The highest BCUT2D eigenvalue weighted by molar-refractivity contribution is 5.85. The van der Waals surface area contributed by atoms with Gasteiger partial charge in [0.15, 0.2) is 5.82 Å². The molecule has 2 aromatic heterocycles. The molecule has 1 spiro atoms. The normalized spacial score (nSPS) is 19.0. The van der Waals surface area contributed by atoms with Crippen LogP contribution < -0.4 is 9.64 Å². The van der Waals surface area contributed by atoms with E-state index in [0.29, 0.717) is 0 Å². The second-order valence-electron chi connectivity index (χ2n) is 6.92. The molecular weight excluding hydrogens is 328 g/mol. The summed E-state index contributed by atoms with van der Waals surface area (Å²) in [6.45, 7) is 2.94. The third-order valence-electron chi connectivity index (χ3n) is 5.21. The maximum atomic E-state index is 6.56. The first-order chi connectivity index (χ1) is 12.8. The van der Waals surface area contributed by atoms with E-state index in [1.807, 2.05) is 12.1 Å². The number of aromatic nitrogens is 3. The number of pyridine rings is 1. The number of rotatable bonds is 1. The van der Waals surface area contributed by atoms with Crippen molar-refractivity contribution in [3.63, 3.8) is 0 Å². The third kappa shape index (κ3) is 2.66. The minimum atomic E-state index is -0.267. The fraction of sp³-hybridized carbons (Fsp3) is 0.350. The third-order valence-corrected chi connectivity index (χ3v) is 5.21. The molecule has 0 bridgehead atoms. The predicted molar refractivity (Wildman–Crippen MR) is 98.2 cm³/mol. The van der Waals surface area contributed by atoms with Crippen LogP contribution in [0.2, 0.25) is 0 Å². The van der Waals surface area contributed by atoms with Gasteiger partial charge in [-0.3, -0.25) is 4.98 Å². The Labute approximate surface area is 151 Å². The van der Waals surface area contributed by atoms with E-state index in [0.717, 1.165) is 61.7 Å². The summed E-state index contributed by atoms with van der Waals surface area (Å²) in [5, 5.41) is 0. The molecule has 1 saturated heterocycles. The summed E-state index contributed by atoms with van der Waals surface area (Å²) in [5.74, 6) is 1.82. The molecule has 2 aliphatic heterocycles. The molecule has 0 N–H and O–H groups in total. The Morgan fingerprint density at radius 3 is 2.69 bits per heavy atom. The summed E-state index contributed by atoms with van der Waals surface area (Å²) in [6.07, 6.45) is 6.98. The van der Waals surface area contributed by atoms with Gasteiger partial charge in [-0.15, -0.1) is 0 Å². The van der Waals surface area contributed by atoms with Gasteiger partial charge in [-0.05, 0) is 12.1 Å². The lowest BCUT2D eigenvalue weighted by atomic mass is 9.93. The molecule has 0 unspecified atom stereocenters. The van der Waals surface area contributed by atoms with Gasteiger partial charge in [0, 0.05) is 43.5 Å². The minimum absolute atomic E-state index is 0.267. The van der Waals surface area contributed by atoms with Crippen molar-refractivity contribution >= 4 is 16.9 Å². The van der Waals surface area contributed by atoms with Crippen molar-refractivity contribution in [2.24, 2.45) is 0 Å². The zero-order valence-electron chi connectivity index (χ0n) is 14.5. The number of para-hydroxylation sites is 1. The molecule has 6 nitrogen and oxygen atoms in total. The second kappa shape index (κ2) is 6.21. The first-order valence-electron chi connectivity index (χ1n) is 8.98. The summed E-state index contributed by atoms with van der Waals surface area (Å²) >= 11 is 0. The topological polar surface area (TPSA) is 60.4 Å². The molecular formula is C20H20N4O2. The number of fused-ring (bicyclic) bond motifs is 2. The Balaban J connectivity index is 1.63. The number of hydrogen-bond acceptors (Lipinski definition) is 6. The number of benzene rings is 1. The van der Waals surface area contributed by atoms with Crippen LogP contribution in [0.25, 0.3) is 11.0 Å². The van der Waals surface area contributed by atoms with Gasteiger partial charge in [-0.2, -0.15) is 0 Å². The molecule has 2 aliphatic rings. The van der Waals surface area contributed by atoms with Gasteiger partial charge < -0.3 is 14.4 Å². The molecule has 26 heavy (non-hydrogen) atoms. The Morgan fingerprint density at radius 2 is 1.77 bits per heavy atom. The maximum absolute atomic E-state index is 6.56. The van der Waals surface area contributed by atoms with E-state index in [9.17, 15) is 0 Å². The quantitative estimate of drug-likeness (QED) is 0.674. The minimum Gasteiger partial charge on any atom is -0.485 e. The van der Waals surface area contributed by atoms with E-state index >= 15 is 0 Å². The molecule has 6 heteroatoms. The van der Waals surface area contributed by atoms with Gasteiger partial charge in [-0.1, -0.05) is 18.2 Å². The van der Waals surface area contributed by atoms with Gasteiger partial charge in [0.05, 0.1) is 25.3 Å². The second-order valence-corrected chi connectivity index (χ2v) is 6.92. The highest BCUT2D eigenvalue weighted by Crippen LogP contribution is 2.37. The highest BCUT2D eigenvalue weighted by atomic mass is 16.5. The summed E-state index contributed by atoms with van der Waals surface area (Å²) in [5.41, 5.74) is 2.59. The van der Waals surface area contributed by atoms with E-state index in [-0.39, 0.29) is 5.60 Å². The Morgan fingerprint density at radius 1 is 0.923 bits per heavy atom. The summed E-state index contributed by atoms with van der Waals surface area (Å²) in [6, 6.07) is 10.2. The molecule has 4 heterocycles. The van der Waals surface area contributed by atoms with Gasteiger partial charge >= 0.3 is 0 Å². The van der Waals surface area contributed by atoms with Crippen LogP contribution in [0.15, 0.2) is 48.9 Å². The van der Waals surface area contributed by atoms with Crippen molar-refractivity contribution in [3.8, 4) is 5.75 Å². The average Bonchev–Trinajstić information content (AvgIpc) is 2.84. The fourth-order valence-electron chi connectivity index (χ4n) is 3.88. The van der Waals surface area contributed by atoms with E-state index in [4.69, 9.17) is 9.47 Å². The predicted octanol–water partition coefficient (Wildman–Crippen LogP) is 2.97. The first-order valence-corrected chi connectivity index (χ1v) is 8.98. The van der Waals surface area contributed by atoms with E-state index < -0.39 is 0 Å². The first kappa shape index (κ1) is 15.5. The van der Waals surface area contributed by atoms with Crippen LogP contribution >= 0.6 is 0 Å². The van der Waals surface area contributed by atoms with Crippen LogP contribution in [-0.4, -0.2) is 40.3 Å². The fourth-order valence-corrected chi connectivity index (χ4v) is 3.88. The average molecular weight is 348 g/mol. The van der Waals surface area contributed by atoms with E-state index in [1.54, 1.807) is 18.6 Å². The Bertz CT molecular complexity index is 935. The molecule has 1 fully saturated rings. The molecule has 0 amide bonds. The van der Waals surface area contributed by atoms with Gasteiger partial charge in [-0.25, -0.2) is 9.97 Å². The molecule has 3 aromatic rings. The highest BCUT2D eigenvalue weighted by Gasteiger charge is 2.40. The molecule has 0 radical (unpaired) electrons. The number of anilines is 1. The lowest BCUT2D eigenvalue weighted by molar-refractivity contribution is -0.0391.